The van der Waals surface area contributed by atoms with Gasteiger partial charge in [-0.1, -0.05) is 41.9 Å². The number of fused-ring (bicyclic) bond motifs is 1. The van der Waals surface area contributed by atoms with Crippen LogP contribution in [0.4, 0.5) is 5.69 Å². The van der Waals surface area contributed by atoms with Gasteiger partial charge in [-0.25, -0.2) is 0 Å². The van der Waals surface area contributed by atoms with Crippen molar-refractivity contribution in [2.75, 3.05) is 31.1 Å². The van der Waals surface area contributed by atoms with Crippen LogP contribution in [0.5, 0.6) is 0 Å². The first-order valence-corrected chi connectivity index (χ1v) is 11.6. The molecule has 0 bridgehead atoms. The fraction of sp³-hybridized carbons (Fsp3) is 0.320. The van der Waals surface area contributed by atoms with Crippen LogP contribution in [0.2, 0.25) is 5.02 Å². The van der Waals surface area contributed by atoms with E-state index in [1.165, 1.54) is 10.2 Å². The summed E-state index contributed by atoms with van der Waals surface area (Å²) >= 11 is 5.99. The number of anilines is 1. The van der Waals surface area contributed by atoms with Crippen LogP contribution in [0.3, 0.4) is 0 Å². The fourth-order valence-electron chi connectivity index (χ4n) is 4.44. The van der Waals surface area contributed by atoms with Crippen LogP contribution in [0.15, 0.2) is 59.4 Å². The lowest BCUT2D eigenvalue weighted by molar-refractivity contribution is 0.192. The predicted molar refractivity (Wildman–Crippen MR) is 131 cm³/mol. The van der Waals surface area contributed by atoms with E-state index in [9.17, 15) is 4.79 Å². The van der Waals surface area contributed by atoms with E-state index in [1.54, 1.807) is 0 Å². The average molecular weight is 463 g/mol. The van der Waals surface area contributed by atoms with Crippen molar-refractivity contribution in [1.82, 2.24) is 24.5 Å². The number of rotatable bonds is 5. The summed E-state index contributed by atoms with van der Waals surface area (Å²) in [7, 11) is 0. The minimum Gasteiger partial charge on any atom is -0.369 e. The number of aryl methyl sites for hydroxylation is 1. The van der Waals surface area contributed by atoms with Crippen LogP contribution in [0, 0.1) is 6.92 Å². The van der Waals surface area contributed by atoms with E-state index in [2.05, 4.69) is 56.1 Å². The molecule has 0 spiro atoms. The Morgan fingerprint density at radius 2 is 1.73 bits per heavy atom. The molecular formula is C25H27ClN6O. The maximum Gasteiger partial charge on any atom is 0.279 e. The first-order chi connectivity index (χ1) is 16.0. The lowest BCUT2D eigenvalue weighted by atomic mass is 10.1. The van der Waals surface area contributed by atoms with E-state index in [-0.39, 0.29) is 11.6 Å². The Morgan fingerprint density at radius 1 is 1.03 bits per heavy atom. The number of aromatic amines is 1. The van der Waals surface area contributed by atoms with Gasteiger partial charge in [0, 0.05) is 54.6 Å². The number of aromatic nitrogens is 4. The summed E-state index contributed by atoms with van der Waals surface area (Å²) in [5, 5.41) is 5.29. The number of piperazine rings is 1. The zero-order valence-corrected chi connectivity index (χ0v) is 19.6. The third-order valence-electron chi connectivity index (χ3n) is 6.48. The molecule has 1 unspecified atom stereocenters. The number of halogens is 1. The summed E-state index contributed by atoms with van der Waals surface area (Å²) in [4.78, 5) is 25.9. The molecule has 1 fully saturated rings. The Kier molecular flexibility index (Phi) is 5.91. The molecule has 1 aliphatic rings. The smallest absolute Gasteiger partial charge is 0.279 e. The van der Waals surface area contributed by atoms with E-state index in [0.717, 1.165) is 37.4 Å². The second-order valence-corrected chi connectivity index (χ2v) is 9.01. The van der Waals surface area contributed by atoms with Crippen molar-refractivity contribution in [1.29, 1.82) is 0 Å². The van der Waals surface area contributed by atoms with Gasteiger partial charge in [0.1, 0.15) is 0 Å². The predicted octanol–water partition coefficient (Wildman–Crippen LogP) is 3.85. The minimum atomic E-state index is -0.129. The molecule has 1 aliphatic heterocycles. The summed E-state index contributed by atoms with van der Waals surface area (Å²) in [5.74, 6) is 1.15. The van der Waals surface area contributed by atoms with Crippen molar-refractivity contribution in [3.8, 4) is 0 Å². The quantitative estimate of drug-likeness (QED) is 0.487. The van der Waals surface area contributed by atoms with E-state index in [4.69, 9.17) is 11.6 Å². The van der Waals surface area contributed by atoms with Crippen molar-refractivity contribution in [2.45, 2.75) is 26.3 Å². The summed E-state index contributed by atoms with van der Waals surface area (Å²) in [6.45, 7) is 7.75. The highest BCUT2D eigenvalue weighted by molar-refractivity contribution is 6.30. The molecule has 8 heteroatoms. The number of para-hydroxylation sites is 1. The van der Waals surface area contributed by atoms with E-state index in [1.807, 2.05) is 37.3 Å². The molecule has 0 amide bonds. The van der Waals surface area contributed by atoms with E-state index < -0.39 is 0 Å². The summed E-state index contributed by atoms with van der Waals surface area (Å²) in [6, 6.07) is 18.1. The lowest BCUT2D eigenvalue weighted by Crippen LogP contribution is -2.47. The minimum absolute atomic E-state index is 0.0237. The zero-order chi connectivity index (χ0) is 22.9. The van der Waals surface area contributed by atoms with Crippen LogP contribution in [-0.2, 0) is 6.42 Å². The Bertz CT molecular complexity index is 1310. The molecule has 2 aromatic heterocycles. The molecule has 3 heterocycles. The van der Waals surface area contributed by atoms with Gasteiger partial charge in [-0.3, -0.25) is 9.69 Å². The lowest BCUT2D eigenvalue weighted by Gasteiger charge is -2.38. The molecule has 4 aromatic rings. The molecule has 0 aliphatic carbocycles. The molecule has 7 nitrogen and oxygen atoms in total. The Morgan fingerprint density at radius 3 is 2.42 bits per heavy atom. The van der Waals surface area contributed by atoms with Crippen LogP contribution in [0.25, 0.3) is 5.78 Å². The molecule has 33 heavy (non-hydrogen) atoms. The highest BCUT2D eigenvalue weighted by atomic mass is 35.5. The molecular weight excluding hydrogens is 436 g/mol. The summed E-state index contributed by atoms with van der Waals surface area (Å²) in [5.41, 5.74) is 3.65. The number of H-pyrrole nitrogens is 1. The largest absolute Gasteiger partial charge is 0.369 e. The number of hydrogen-bond acceptors (Lipinski definition) is 5. The summed E-state index contributed by atoms with van der Waals surface area (Å²) in [6.07, 6.45) is 0.514. The van der Waals surface area contributed by atoms with Crippen molar-refractivity contribution < 1.29 is 0 Å². The van der Waals surface area contributed by atoms with Crippen molar-refractivity contribution in [3.63, 3.8) is 0 Å². The van der Waals surface area contributed by atoms with Crippen LogP contribution in [0.1, 0.15) is 35.6 Å². The van der Waals surface area contributed by atoms with Gasteiger partial charge in [-0.05, 0) is 43.7 Å². The molecule has 1 N–H and O–H groups in total. The highest BCUT2D eigenvalue weighted by Crippen LogP contribution is 2.22. The standard InChI is InChI=1S/C25H27ClN6O/c1-17-22(16-19-8-10-20(26)11-9-19)24(33)32-25(27-17)28-23(29-32)18(2)30-12-14-31(15-13-30)21-6-4-3-5-7-21/h3-11,18H,12-16H2,1-2H3,(H,27,28,29). The van der Waals surface area contributed by atoms with Gasteiger partial charge in [0.25, 0.3) is 5.56 Å². The Hall–Kier alpha value is -3.16. The average Bonchev–Trinajstić information content (AvgIpc) is 3.27. The van der Waals surface area contributed by atoms with Gasteiger partial charge in [0.15, 0.2) is 5.82 Å². The van der Waals surface area contributed by atoms with Crippen LogP contribution in [-0.4, -0.2) is 50.7 Å². The van der Waals surface area contributed by atoms with Gasteiger partial charge in [-0.15, -0.1) is 5.10 Å². The third kappa shape index (κ3) is 4.38. The van der Waals surface area contributed by atoms with Gasteiger partial charge < -0.3 is 9.88 Å². The monoisotopic (exact) mass is 462 g/mol. The van der Waals surface area contributed by atoms with Gasteiger partial charge in [-0.2, -0.15) is 9.50 Å². The normalized spacial score (nSPS) is 15.8. The van der Waals surface area contributed by atoms with E-state index in [0.29, 0.717) is 28.6 Å². The molecule has 1 atom stereocenters. The zero-order valence-electron chi connectivity index (χ0n) is 18.8. The third-order valence-corrected chi connectivity index (χ3v) is 6.73. The Labute approximate surface area is 197 Å². The van der Waals surface area contributed by atoms with Crippen molar-refractivity contribution in [3.05, 3.63) is 92.6 Å². The van der Waals surface area contributed by atoms with Crippen LogP contribution < -0.4 is 10.5 Å². The molecule has 170 valence electrons. The molecule has 0 saturated carbocycles. The van der Waals surface area contributed by atoms with Crippen molar-refractivity contribution >= 4 is 23.1 Å². The SMILES string of the molecule is Cc1[nH]c2nc(C(C)N3CCN(c4ccccc4)CC3)nn2c(=O)c1Cc1ccc(Cl)cc1. The first-order valence-electron chi connectivity index (χ1n) is 11.3. The maximum atomic E-state index is 13.2. The van der Waals surface area contributed by atoms with Gasteiger partial charge in [0.05, 0.1) is 6.04 Å². The van der Waals surface area contributed by atoms with Gasteiger partial charge in [0.2, 0.25) is 5.78 Å². The number of benzene rings is 2. The fourth-order valence-corrected chi connectivity index (χ4v) is 4.57. The topological polar surface area (TPSA) is 69.5 Å². The van der Waals surface area contributed by atoms with Crippen LogP contribution >= 0.6 is 11.6 Å². The molecule has 0 radical (unpaired) electrons. The molecule has 1 saturated heterocycles. The highest BCUT2D eigenvalue weighted by Gasteiger charge is 2.25. The second-order valence-electron chi connectivity index (χ2n) is 8.58. The first kappa shape index (κ1) is 21.7. The second kappa shape index (κ2) is 9.00. The number of nitrogens with one attached hydrogen (secondary N) is 1. The summed E-state index contributed by atoms with van der Waals surface area (Å²) < 4.78 is 1.41. The number of hydrogen-bond donors (Lipinski definition) is 1. The van der Waals surface area contributed by atoms with Crippen molar-refractivity contribution in [2.24, 2.45) is 0 Å². The van der Waals surface area contributed by atoms with E-state index >= 15 is 0 Å². The Balaban J connectivity index is 1.35. The number of nitrogens with zero attached hydrogens (tertiary/aromatic N) is 5. The molecule has 2 aromatic carbocycles. The van der Waals surface area contributed by atoms with Gasteiger partial charge >= 0.3 is 0 Å². The molecule has 5 rings (SSSR count). The maximum absolute atomic E-state index is 13.2.